The van der Waals surface area contributed by atoms with Gasteiger partial charge in [-0.15, -0.1) is 24.8 Å². The predicted molar refractivity (Wildman–Crippen MR) is 200 cm³/mol. The Labute approximate surface area is 296 Å². The number of halogens is 2. The van der Waals surface area contributed by atoms with Crippen molar-refractivity contribution in [3.05, 3.63) is 11.6 Å². The van der Waals surface area contributed by atoms with Gasteiger partial charge in [-0.2, -0.15) is 0 Å². The van der Waals surface area contributed by atoms with E-state index in [9.17, 15) is 4.79 Å². The first-order valence-corrected chi connectivity index (χ1v) is 19.1. The number of hydrogen-bond donors (Lipinski definition) is 2. The summed E-state index contributed by atoms with van der Waals surface area (Å²) in [5.41, 5.74) is 13.9. The summed E-state index contributed by atoms with van der Waals surface area (Å²) in [6.45, 7) is 17.9. The molecular weight excluding hydrogens is 613 g/mol. The van der Waals surface area contributed by atoms with Crippen molar-refractivity contribution in [2.24, 2.45) is 63.7 Å². The molecule has 4 aliphatic carbocycles. The normalized spacial score (nSPS) is 33.0. The molecule has 0 saturated heterocycles. The lowest BCUT2D eigenvalue weighted by atomic mass is 9.47. The fraction of sp³-hybridized carbons (Fsp3) is 0.923. The van der Waals surface area contributed by atoms with E-state index < -0.39 is 0 Å². The highest BCUT2D eigenvalue weighted by molar-refractivity contribution is 5.85. The Hall–Kier alpha value is -0.490. The monoisotopic (exact) mass is 686 g/mol. The minimum absolute atomic E-state index is 0. The fourth-order valence-corrected chi connectivity index (χ4v) is 11.0. The van der Waals surface area contributed by atoms with E-state index >= 15 is 0 Å². The van der Waals surface area contributed by atoms with Crippen LogP contribution in [0.2, 0.25) is 0 Å². The van der Waals surface area contributed by atoms with E-state index in [0.717, 1.165) is 106 Å². The second-order valence-corrected chi connectivity index (χ2v) is 16.5. The summed E-state index contributed by atoms with van der Waals surface area (Å²) in [6, 6.07) is 0. The van der Waals surface area contributed by atoms with Crippen molar-refractivity contribution in [3.63, 3.8) is 0 Å². The van der Waals surface area contributed by atoms with Crippen molar-refractivity contribution < 1.29 is 9.53 Å². The number of rotatable bonds is 16. The number of allylic oxidation sites excluding steroid dienone is 1. The third kappa shape index (κ3) is 9.39. The molecule has 0 radical (unpaired) electrons. The first-order chi connectivity index (χ1) is 21.1. The van der Waals surface area contributed by atoms with E-state index in [0.29, 0.717) is 18.5 Å². The smallest absolute Gasteiger partial charge is 0.410 e. The van der Waals surface area contributed by atoms with Crippen LogP contribution in [0.5, 0.6) is 0 Å². The van der Waals surface area contributed by atoms with Gasteiger partial charge in [0.05, 0.1) is 0 Å². The molecule has 0 heterocycles. The molecule has 7 heteroatoms. The Bertz CT molecular complexity index is 946. The number of hydrogen-bond acceptors (Lipinski definition) is 4. The molecule has 0 unspecified atom stereocenters. The molecule has 0 aromatic rings. The minimum Gasteiger partial charge on any atom is -0.446 e. The average molecular weight is 687 g/mol. The highest BCUT2D eigenvalue weighted by Gasteiger charge is 2.59. The van der Waals surface area contributed by atoms with Crippen LogP contribution in [0.1, 0.15) is 144 Å². The second kappa shape index (κ2) is 19.0. The number of nitrogens with zero attached hydrogens (tertiary/aromatic N) is 1. The Balaban J connectivity index is 0.00000368. The molecule has 0 bridgehead atoms. The van der Waals surface area contributed by atoms with Gasteiger partial charge in [0.2, 0.25) is 0 Å². The van der Waals surface area contributed by atoms with Crippen LogP contribution in [-0.2, 0) is 4.74 Å². The molecular formula is C39H73Cl2N3O2. The first-order valence-electron chi connectivity index (χ1n) is 19.1. The molecule has 46 heavy (non-hydrogen) atoms. The van der Waals surface area contributed by atoms with E-state index in [4.69, 9.17) is 16.2 Å². The van der Waals surface area contributed by atoms with Crippen LogP contribution in [0, 0.1) is 52.3 Å². The number of ether oxygens (including phenoxy) is 1. The van der Waals surface area contributed by atoms with Gasteiger partial charge >= 0.3 is 6.09 Å². The molecule has 0 aromatic carbocycles. The van der Waals surface area contributed by atoms with Crippen molar-refractivity contribution in [3.8, 4) is 0 Å². The zero-order chi connectivity index (χ0) is 31.9. The number of carbonyl (C=O) groups excluding carboxylic acids is 1. The maximum Gasteiger partial charge on any atom is 0.410 e. The Morgan fingerprint density at radius 2 is 1.61 bits per heavy atom. The quantitative estimate of drug-likeness (QED) is 0.125. The van der Waals surface area contributed by atoms with Gasteiger partial charge in [-0.3, -0.25) is 0 Å². The van der Waals surface area contributed by atoms with E-state index in [1.165, 1.54) is 51.4 Å². The number of nitrogens with two attached hydrogens (primary N) is 2. The van der Waals surface area contributed by atoms with Crippen molar-refractivity contribution >= 4 is 30.9 Å². The van der Waals surface area contributed by atoms with Crippen LogP contribution in [0.4, 0.5) is 4.79 Å². The lowest BCUT2D eigenvalue weighted by Crippen LogP contribution is -2.51. The van der Waals surface area contributed by atoms with Gasteiger partial charge in [-0.1, -0.05) is 78.9 Å². The molecule has 4 N–H and O–H groups in total. The summed E-state index contributed by atoms with van der Waals surface area (Å²) in [4.78, 5) is 15.2. The van der Waals surface area contributed by atoms with Gasteiger partial charge in [-0.25, -0.2) is 4.79 Å². The number of carbonyl (C=O) groups is 1. The molecule has 3 saturated carbocycles. The van der Waals surface area contributed by atoms with Gasteiger partial charge in [-0.05, 0) is 136 Å². The molecule has 0 aromatic heterocycles. The van der Waals surface area contributed by atoms with Crippen molar-refractivity contribution in [2.45, 2.75) is 150 Å². The summed E-state index contributed by atoms with van der Waals surface area (Å²) >= 11 is 0. The van der Waals surface area contributed by atoms with Crippen molar-refractivity contribution in [2.75, 3.05) is 26.2 Å². The summed E-state index contributed by atoms with van der Waals surface area (Å²) in [7, 11) is 0. The van der Waals surface area contributed by atoms with E-state index in [1.54, 1.807) is 5.57 Å². The van der Waals surface area contributed by atoms with Crippen LogP contribution in [0.25, 0.3) is 0 Å². The van der Waals surface area contributed by atoms with Crippen molar-refractivity contribution in [1.82, 2.24) is 4.90 Å². The van der Waals surface area contributed by atoms with Gasteiger partial charge in [0.15, 0.2) is 0 Å². The first kappa shape index (κ1) is 41.7. The van der Waals surface area contributed by atoms with Crippen LogP contribution in [0.3, 0.4) is 0 Å². The third-order valence-corrected chi connectivity index (χ3v) is 13.8. The highest BCUT2D eigenvalue weighted by atomic mass is 35.5. The van der Waals surface area contributed by atoms with E-state index in [2.05, 4.69) is 47.6 Å². The minimum atomic E-state index is -0.127. The lowest BCUT2D eigenvalue weighted by molar-refractivity contribution is -0.0595. The maximum absolute atomic E-state index is 13.3. The van der Waals surface area contributed by atoms with Gasteiger partial charge < -0.3 is 21.1 Å². The maximum atomic E-state index is 13.3. The highest BCUT2D eigenvalue weighted by Crippen LogP contribution is 2.67. The number of fused-ring (bicyclic) bond motifs is 5. The molecule has 5 nitrogen and oxygen atoms in total. The largest absolute Gasteiger partial charge is 0.446 e. The Morgan fingerprint density at radius 3 is 2.28 bits per heavy atom. The lowest BCUT2D eigenvalue weighted by Gasteiger charge is -2.58. The summed E-state index contributed by atoms with van der Waals surface area (Å²) in [5.74, 6) is 5.95. The van der Waals surface area contributed by atoms with Gasteiger partial charge in [0.1, 0.15) is 6.10 Å². The molecule has 4 aliphatic rings. The molecule has 0 spiro atoms. The second-order valence-electron chi connectivity index (χ2n) is 16.5. The Kier molecular flexibility index (Phi) is 17.3. The average Bonchev–Trinajstić information content (AvgIpc) is 3.36. The number of unbranched alkanes of at least 4 members (excludes halogenated alkanes) is 3. The molecule has 1 amide bonds. The molecule has 9 atom stereocenters. The standard InChI is InChI=1S/C39H71N3O2.2ClH/c1-7-30(28(2)3)14-13-29(4)34-17-18-35-33-16-15-31-27-32(19-21-38(31,5)36(33)20-22-39(34,35)6)44-37(43)42(26-12-24-41)25-11-9-8-10-23-40;;/h15,28-30,32-36H,7-14,16-27,40-41H2,1-6H3;2*1H/t29-,30-,32+,33+,34-,35+,36+,38+,39-;;/m1../s1. The molecule has 0 aliphatic heterocycles. The van der Waals surface area contributed by atoms with Gasteiger partial charge in [0.25, 0.3) is 0 Å². The topological polar surface area (TPSA) is 81.6 Å². The van der Waals surface area contributed by atoms with E-state index in [-0.39, 0.29) is 42.4 Å². The molecule has 3 fully saturated rings. The predicted octanol–water partition coefficient (Wildman–Crippen LogP) is 10.2. The van der Waals surface area contributed by atoms with Crippen molar-refractivity contribution in [1.29, 1.82) is 0 Å². The molecule has 270 valence electrons. The van der Waals surface area contributed by atoms with Gasteiger partial charge in [0, 0.05) is 19.5 Å². The summed E-state index contributed by atoms with van der Waals surface area (Å²) in [5, 5.41) is 0. The zero-order valence-corrected chi connectivity index (χ0v) is 32.2. The summed E-state index contributed by atoms with van der Waals surface area (Å²) in [6.07, 6.45) is 21.8. The zero-order valence-electron chi connectivity index (χ0n) is 30.6. The van der Waals surface area contributed by atoms with Crippen LogP contribution < -0.4 is 11.5 Å². The Morgan fingerprint density at radius 1 is 0.913 bits per heavy atom. The third-order valence-electron chi connectivity index (χ3n) is 13.8. The van der Waals surface area contributed by atoms with Crippen LogP contribution in [0.15, 0.2) is 11.6 Å². The molecule has 4 rings (SSSR count). The van der Waals surface area contributed by atoms with E-state index in [1.807, 2.05) is 4.90 Å². The van der Waals surface area contributed by atoms with Crippen LogP contribution >= 0.6 is 24.8 Å². The SMILES string of the molecule is CC[C@H](CC[C@@H](C)[C@H]1CC[C@H]2[C@@H]3CC=C4C[C@@H](OC(=O)N(CCCN)CCCCCCN)CC[C@]4(C)[C@H]3CC[C@]12C)C(C)C.Cl.Cl. The summed E-state index contributed by atoms with van der Waals surface area (Å²) < 4.78 is 6.23. The number of amides is 1. The fourth-order valence-electron chi connectivity index (χ4n) is 11.0. The van der Waals surface area contributed by atoms with Crippen LogP contribution in [-0.4, -0.2) is 43.3 Å².